The fourth-order valence-electron chi connectivity index (χ4n) is 2.10. The molecule has 0 aliphatic carbocycles. The van der Waals surface area contributed by atoms with Crippen molar-refractivity contribution in [2.75, 3.05) is 12.3 Å². The first-order chi connectivity index (χ1) is 8.59. The number of nitrogens with one attached hydrogen (secondary N) is 2. The first-order valence-electron chi connectivity index (χ1n) is 6.07. The minimum atomic E-state index is -3.24. The molecule has 2 rings (SSSR count). The summed E-state index contributed by atoms with van der Waals surface area (Å²) in [5, 5.41) is 1.81. The Kier molecular flexibility index (Phi) is 4.00. The number of aromatic nitrogens is 2. The number of H-pyrrole nitrogens is 1. The average molecular weight is 271 g/mol. The molecule has 100 valence electrons. The molecule has 1 aliphatic heterocycles. The van der Waals surface area contributed by atoms with Crippen LogP contribution in [0.5, 0.6) is 0 Å². The molecule has 0 saturated carbocycles. The second-order valence-electron chi connectivity index (χ2n) is 4.43. The summed E-state index contributed by atoms with van der Waals surface area (Å²) in [6.07, 6.45) is 5.83. The molecule has 1 amide bonds. The van der Waals surface area contributed by atoms with E-state index < -0.39 is 15.1 Å². The highest BCUT2D eigenvalue weighted by molar-refractivity contribution is 7.92. The number of aromatic amines is 1. The average Bonchev–Trinajstić information content (AvgIpc) is 2.81. The summed E-state index contributed by atoms with van der Waals surface area (Å²) in [5.74, 6) is 0.534. The third-order valence-electron chi connectivity index (χ3n) is 3.09. The summed E-state index contributed by atoms with van der Waals surface area (Å²) in [7, 11) is -3.24. The van der Waals surface area contributed by atoms with Crippen LogP contribution in [0.2, 0.25) is 0 Å². The molecule has 0 radical (unpaired) electrons. The van der Waals surface area contributed by atoms with Crippen molar-refractivity contribution in [3.05, 3.63) is 18.2 Å². The van der Waals surface area contributed by atoms with Gasteiger partial charge in [0.25, 0.3) is 0 Å². The lowest BCUT2D eigenvalue weighted by atomic mass is 10.2. The van der Waals surface area contributed by atoms with Crippen molar-refractivity contribution in [2.45, 2.75) is 30.9 Å². The molecular weight excluding hydrogens is 254 g/mol. The van der Waals surface area contributed by atoms with Crippen LogP contribution < -0.4 is 5.32 Å². The number of sulfone groups is 1. The maximum Gasteiger partial charge on any atom is 0.238 e. The number of carbonyl (C=O) groups excluding carboxylic acids is 1. The fourth-order valence-corrected chi connectivity index (χ4v) is 3.93. The fraction of sp³-hybridized carbons (Fsp3) is 0.636. The van der Waals surface area contributed by atoms with Crippen LogP contribution >= 0.6 is 0 Å². The summed E-state index contributed by atoms with van der Waals surface area (Å²) < 4.78 is 23.5. The van der Waals surface area contributed by atoms with Crippen molar-refractivity contribution in [1.29, 1.82) is 0 Å². The Morgan fingerprint density at radius 1 is 1.50 bits per heavy atom. The maximum atomic E-state index is 11.8. The predicted octanol–water partition coefficient (Wildman–Crippen LogP) is 0.0357. The van der Waals surface area contributed by atoms with E-state index in [0.717, 1.165) is 12.2 Å². The van der Waals surface area contributed by atoms with Crippen molar-refractivity contribution in [2.24, 2.45) is 0 Å². The van der Waals surface area contributed by atoms with Crippen LogP contribution in [0.25, 0.3) is 0 Å². The number of rotatable bonds is 4. The number of imidazole rings is 1. The Labute approximate surface area is 106 Å². The van der Waals surface area contributed by atoms with Gasteiger partial charge in [0.1, 0.15) is 11.1 Å². The van der Waals surface area contributed by atoms with E-state index in [4.69, 9.17) is 0 Å². The summed E-state index contributed by atoms with van der Waals surface area (Å²) in [6, 6.07) is 0. The first kappa shape index (κ1) is 13.1. The Balaban J connectivity index is 1.84. The number of hydrogen-bond acceptors (Lipinski definition) is 4. The van der Waals surface area contributed by atoms with Crippen LogP contribution in [0.4, 0.5) is 0 Å². The molecule has 6 nitrogen and oxygen atoms in total. The quantitative estimate of drug-likeness (QED) is 0.808. The predicted molar refractivity (Wildman–Crippen MR) is 66.7 cm³/mol. The summed E-state index contributed by atoms with van der Waals surface area (Å²) >= 11 is 0. The standard InChI is InChI=1S/C11H17N3O3S/c15-11(9-3-1-2-8-18(9,16)17)14-5-4-10-12-6-7-13-10/h6-7,9H,1-5,8H2,(H,12,13)(H,14,15). The van der Waals surface area contributed by atoms with Gasteiger partial charge >= 0.3 is 0 Å². The molecule has 18 heavy (non-hydrogen) atoms. The highest BCUT2D eigenvalue weighted by Crippen LogP contribution is 2.19. The van der Waals surface area contributed by atoms with Gasteiger partial charge in [-0.1, -0.05) is 6.42 Å². The Morgan fingerprint density at radius 2 is 2.33 bits per heavy atom. The van der Waals surface area contributed by atoms with Crippen LogP contribution in [-0.2, 0) is 21.1 Å². The van der Waals surface area contributed by atoms with Gasteiger partial charge in [0, 0.05) is 25.4 Å². The second kappa shape index (κ2) is 5.51. The summed E-state index contributed by atoms with van der Waals surface area (Å²) in [5.41, 5.74) is 0. The zero-order valence-corrected chi connectivity index (χ0v) is 10.9. The molecule has 1 atom stereocenters. The van der Waals surface area contributed by atoms with Crippen LogP contribution in [-0.4, -0.2) is 41.8 Å². The van der Waals surface area contributed by atoms with Crippen molar-refractivity contribution in [3.8, 4) is 0 Å². The van der Waals surface area contributed by atoms with E-state index in [1.165, 1.54) is 0 Å². The van der Waals surface area contributed by atoms with Gasteiger partial charge in [-0.2, -0.15) is 0 Å². The smallest absolute Gasteiger partial charge is 0.238 e. The van der Waals surface area contributed by atoms with E-state index in [2.05, 4.69) is 15.3 Å². The van der Waals surface area contributed by atoms with Gasteiger partial charge in [-0.05, 0) is 12.8 Å². The Bertz CT molecular complexity index is 496. The normalized spacial score (nSPS) is 22.6. The van der Waals surface area contributed by atoms with Gasteiger partial charge in [0.05, 0.1) is 5.75 Å². The maximum absolute atomic E-state index is 11.8. The monoisotopic (exact) mass is 271 g/mol. The van der Waals surface area contributed by atoms with Gasteiger partial charge in [0.15, 0.2) is 9.84 Å². The van der Waals surface area contributed by atoms with E-state index in [0.29, 0.717) is 25.8 Å². The molecule has 1 aromatic heterocycles. The molecule has 0 spiro atoms. The molecule has 1 aliphatic rings. The summed E-state index contributed by atoms with van der Waals surface area (Å²) in [6.45, 7) is 0.401. The topological polar surface area (TPSA) is 91.9 Å². The molecular formula is C11H17N3O3S. The van der Waals surface area contributed by atoms with Crippen LogP contribution in [0, 0.1) is 0 Å². The van der Waals surface area contributed by atoms with E-state index in [9.17, 15) is 13.2 Å². The summed E-state index contributed by atoms with van der Waals surface area (Å²) in [4.78, 5) is 18.8. The minimum Gasteiger partial charge on any atom is -0.355 e. The van der Waals surface area contributed by atoms with Gasteiger partial charge < -0.3 is 10.3 Å². The molecule has 1 saturated heterocycles. The van der Waals surface area contributed by atoms with Gasteiger partial charge in [-0.15, -0.1) is 0 Å². The molecule has 7 heteroatoms. The first-order valence-corrected chi connectivity index (χ1v) is 7.79. The van der Waals surface area contributed by atoms with Crippen molar-refractivity contribution in [3.63, 3.8) is 0 Å². The van der Waals surface area contributed by atoms with Crippen LogP contribution in [0.3, 0.4) is 0 Å². The molecule has 0 aromatic carbocycles. The number of nitrogens with zero attached hydrogens (tertiary/aromatic N) is 1. The molecule has 1 aromatic rings. The third kappa shape index (κ3) is 3.10. The van der Waals surface area contributed by atoms with E-state index in [1.54, 1.807) is 12.4 Å². The van der Waals surface area contributed by atoms with Crippen molar-refractivity contribution >= 4 is 15.7 Å². The van der Waals surface area contributed by atoms with Gasteiger partial charge in [-0.25, -0.2) is 13.4 Å². The molecule has 1 unspecified atom stereocenters. The number of carbonyl (C=O) groups is 1. The minimum absolute atomic E-state index is 0.128. The van der Waals surface area contributed by atoms with E-state index in [1.807, 2.05) is 0 Å². The molecule has 0 bridgehead atoms. The Hall–Kier alpha value is -1.37. The van der Waals surface area contributed by atoms with Crippen LogP contribution in [0.1, 0.15) is 25.1 Å². The van der Waals surface area contributed by atoms with E-state index in [-0.39, 0.29) is 11.7 Å². The lowest BCUT2D eigenvalue weighted by Gasteiger charge is -2.21. The zero-order valence-electron chi connectivity index (χ0n) is 10.1. The third-order valence-corrected chi connectivity index (χ3v) is 5.26. The van der Waals surface area contributed by atoms with Gasteiger partial charge in [-0.3, -0.25) is 4.79 Å². The Morgan fingerprint density at radius 3 is 3.00 bits per heavy atom. The lowest BCUT2D eigenvalue weighted by molar-refractivity contribution is -0.120. The van der Waals surface area contributed by atoms with Crippen molar-refractivity contribution in [1.82, 2.24) is 15.3 Å². The molecule has 2 N–H and O–H groups in total. The highest BCUT2D eigenvalue weighted by Gasteiger charge is 2.34. The SMILES string of the molecule is O=C(NCCc1ncc[nH]1)C1CCCCS1(=O)=O. The van der Waals surface area contributed by atoms with Crippen molar-refractivity contribution < 1.29 is 13.2 Å². The number of amides is 1. The number of hydrogen-bond donors (Lipinski definition) is 2. The zero-order chi connectivity index (χ0) is 13.0. The largest absolute Gasteiger partial charge is 0.355 e. The lowest BCUT2D eigenvalue weighted by Crippen LogP contribution is -2.43. The second-order valence-corrected chi connectivity index (χ2v) is 6.73. The van der Waals surface area contributed by atoms with E-state index >= 15 is 0 Å². The highest BCUT2D eigenvalue weighted by atomic mass is 32.2. The van der Waals surface area contributed by atoms with Crippen LogP contribution in [0.15, 0.2) is 12.4 Å². The molecule has 1 fully saturated rings. The molecule has 2 heterocycles. The van der Waals surface area contributed by atoms with Gasteiger partial charge in [0.2, 0.25) is 5.91 Å².